The van der Waals surface area contributed by atoms with Gasteiger partial charge in [-0.15, -0.1) is 0 Å². The van der Waals surface area contributed by atoms with Crippen molar-refractivity contribution in [3.63, 3.8) is 0 Å². The average Bonchev–Trinajstić information content (AvgIpc) is 2.44. The second-order valence-electron chi connectivity index (χ2n) is 4.46. The summed E-state index contributed by atoms with van der Waals surface area (Å²) in [5.74, 6) is -1.89. The minimum absolute atomic E-state index is 0.215. The Hall–Kier alpha value is -1.70. The highest BCUT2D eigenvalue weighted by Crippen LogP contribution is 2.36. The fourth-order valence-corrected chi connectivity index (χ4v) is 3.10. The summed E-state index contributed by atoms with van der Waals surface area (Å²) in [7, 11) is 1.26. The Balaban J connectivity index is 2.71. The first kappa shape index (κ1) is 15.7. The fraction of sp³-hybridized carbons (Fsp3) is 0.133. The normalized spacial score (nSPS) is 10.5. The SMILES string of the molecule is COC(=O)c1cc(C)c(-c2ccc(F)cc2F)c(I)c1N. The van der Waals surface area contributed by atoms with E-state index in [9.17, 15) is 13.6 Å². The van der Waals surface area contributed by atoms with E-state index in [1.165, 1.54) is 19.2 Å². The van der Waals surface area contributed by atoms with Gasteiger partial charge in [0, 0.05) is 20.8 Å². The van der Waals surface area contributed by atoms with E-state index in [1.807, 2.05) is 22.6 Å². The molecule has 21 heavy (non-hydrogen) atoms. The first-order chi connectivity index (χ1) is 9.86. The summed E-state index contributed by atoms with van der Waals surface area (Å²) in [5.41, 5.74) is 7.81. The number of esters is 1. The summed E-state index contributed by atoms with van der Waals surface area (Å²) in [6.45, 7) is 1.73. The summed E-state index contributed by atoms with van der Waals surface area (Å²) >= 11 is 1.94. The van der Waals surface area contributed by atoms with Crippen LogP contribution in [0, 0.1) is 22.1 Å². The van der Waals surface area contributed by atoms with Crippen LogP contribution in [-0.4, -0.2) is 13.1 Å². The van der Waals surface area contributed by atoms with Crippen LogP contribution in [-0.2, 0) is 4.74 Å². The van der Waals surface area contributed by atoms with E-state index in [0.717, 1.165) is 6.07 Å². The molecule has 0 bridgehead atoms. The quantitative estimate of drug-likeness (QED) is 0.470. The fourth-order valence-electron chi connectivity index (χ4n) is 2.09. The van der Waals surface area contributed by atoms with Crippen LogP contribution < -0.4 is 5.73 Å². The molecule has 0 aromatic heterocycles. The van der Waals surface area contributed by atoms with Gasteiger partial charge in [0.25, 0.3) is 0 Å². The number of carbonyl (C=O) groups excluding carboxylic acids is 1. The minimum atomic E-state index is -0.679. The number of nitrogens with two attached hydrogens (primary N) is 1. The van der Waals surface area contributed by atoms with Crippen molar-refractivity contribution in [2.75, 3.05) is 12.8 Å². The lowest BCUT2D eigenvalue weighted by molar-refractivity contribution is 0.0602. The molecular weight excluding hydrogens is 391 g/mol. The Bertz CT molecular complexity index is 732. The predicted molar refractivity (Wildman–Crippen MR) is 85.0 cm³/mol. The summed E-state index contributed by atoms with van der Waals surface area (Å²) in [6.07, 6.45) is 0. The van der Waals surface area contributed by atoms with Crippen molar-refractivity contribution in [2.45, 2.75) is 6.92 Å². The van der Waals surface area contributed by atoms with Crippen LogP contribution >= 0.6 is 22.6 Å². The number of hydrogen-bond acceptors (Lipinski definition) is 3. The van der Waals surface area contributed by atoms with Crippen molar-refractivity contribution in [3.05, 3.63) is 50.6 Å². The number of rotatable bonds is 2. The van der Waals surface area contributed by atoms with Crippen molar-refractivity contribution < 1.29 is 18.3 Å². The van der Waals surface area contributed by atoms with Gasteiger partial charge in [0.05, 0.1) is 18.4 Å². The van der Waals surface area contributed by atoms with Gasteiger partial charge in [-0.25, -0.2) is 13.6 Å². The van der Waals surface area contributed by atoms with E-state index in [4.69, 9.17) is 5.73 Å². The Morgan fingerprint density at radius 3 is 2.52 bits per heavy atom. The molecule has 2 aromatic carbocycles. The third kappa shape index (κ3) is 2.85. The van der Waals surface area contributed by atoms with Crippen LogP contribution in [0.15, 0.2) is 24.3 Å². The molecule has 0 saturated heterocycles. The maximum atomic E-state index is 14.0. The zero-order valence-corrected chi connectivity index (χ0v) is 13.5. The Morgan fingerprint density at radius 2 is 1.95 bits per heavy atom. The number of benzene rings is 2. The molecule has 2 N–H and O–H groups in total. The Morgan fingerprint density at radius 1 is 1.29 bits per heavy atom. The lowest BCUT2D eigenvalue weighted by Crippen LogP contribution is -2.09. The number of ether oxygens (including phenoxy) is 1. The zero-order chi connectivity index (χ0) is 15.7. The van der Waals surface area contributed by atoms with Gasteiger partial charge in [-0.3, -0.25) is 0 Å². The van der Waals surface area contributed by atoms with Gasteiger partial charge >= 0.3 is 5.97 Å². The number of carbonyl (C=O) groups is 1. The number of hydrogen-bond donors (Lipinski definition) is 1. The third-order valence-electron chi connectivity index (χ3n) is 3.11. The van der Waals surface area contributed by atoms with Gasteiger partial charge in [0.15, 0.2) is 0 Å². The lowest BCUT2D eigenvalue weighted by atomic mass is 9.96. The van der Waals surface area contributed by atoms with Crippen LogP contribution in [0.3, 0.4) is 0 Å². The molecule has 0 radical (unpaired) electrons. The van der Waals surface area contributed by atoms with Gasteiger partial charge in [0.2, 0.25) is 0 Å². The largest absolute Gasteiger partial charge is 0.465 e. The summed E-state index contributed by atoms with van der Waals surface area (Å²) in [4.78, 5) is 11.7. The molecule has 0 aliphatic heterocycles. The highest BCUT2D eigenvalue weighted by molar-refractivity contribution is 14.1. The van der Waals surface area contributed by atoms with Crippen molar-refractivity contribution in [2.24, 2.45) is 0 Å². The molecule has 6 heteroatoms. The molecule has 0 spiro atoms. The van der Waals surface area contributed by atoms with Gasteiger partial charge in [-0.2, -0.15) is 0 Å². The van der Waals surface area contributed by atoms with E-state index in [0.29, 0.717) is 14.7 Å². The first-order valence-electron chi connectivity index (χ1n) is 5.99. The van der Waals surface area contributed by atoms with Crippen LogP contribution in [0.5, 0.6) is 0 Å². The van der Waals surface area contributed by atoms with E-state index in [2.05, 4.69) is 4.74 Å². The topological polar surface area (TPSA) is 52.3 Å². The number of nitrogen functional groups attached to an aromatic ring is 1. The molecule has 0 saturated carbocycles. The van der Waals surface area contributed by atoms with Crippen LogP contribution in [0.1, 0.15) is 15.9 Å². The maximum absolute atomic E-state index is 14.0. The third-order valence-corrected chi connectivity index (χ3v) is 4.23. The first-order valence-corrected chi connectivity index (χ1v) is 7.07. The minimum Gasteiger partial charge on any atom is -0.465 e. The van der Waals surface area contributed by atoms with E-state index >= 15 is 0 Å². The van der Waals surface area contributed by atoms with Gasteiger partial charge in [-0.1, -0.05) is 0 Å². The smallest absolute Gasteiger partial charge is 0.340 e. The molecule has 2 rings (SSSR count). The van der Waals surface area contributed by atoms with E-state index in [-0.39, 0.29) is 16.8 Å². The number of aryl methyl sites for hydroxylation is 1. The molecular formula is C15H12F2INO2. The molecule has 0 amide bonds. The monoisotopic (exact) mass is 403 g/mol. The number of halogens is 3. The summed E-state index contributed by atoms with van der Waals surface area (Å²) in [5, 5.41) is 0. The zero-order valence-electron chi connectivity index (χ0n) is 11.3. The molecule has 0 aliphatic carbocycles. The van der Waals surface area contributed by atoms with Crippen molar-refractivity contribution in [1.29, 1.82) is 0 Å². The molecule has 0 fully saturated rings. The highest BCUT2D eigenvalue weighted by atomic mass is 127. The molecule has 3 nitrogen and oxygen atoms in total. The second-order valence-corrected chi connectivity index (χ2v) is 5.54. The van der Waals surface area contributed by atoms with E-state index < -0.39 is 17.6 Å². The standard InChI is InChI=1S/C15H12F2INO2/c1-7-5-10(15(20)21-2)14(19)13(18)12(7)9-4-3-8(16)6-11(9)17/h3-6H,19H2,1-2H3. The second kappa shape index (κ2) is 5.97. The molecule has 0 aliphatic rings. The average molecular weight is 403 g/mol. The van der Waals surface area contributed by atoms with Gasteiger partial charge in [-0.05, 0) is 53.3 Å². The van der Waals surface area contributed by atoms with Crippen LogP contribution in [0.2, 0.25) is 0 Å². The van der Waals surface area contributed by atoms with Crippen molar-refractivity contribution >= 4 is 34.2 Å². The number of anilines is 1. The molecule has 2 aromatic rings. The van der Waals surface area contributed by atoms with Crippen molar-refractivity contribution in [3.8, 4) is 11.1 Å². The summed E-state index contributed by atoms with van der Waals surface area (Å²) < 4.78 is 32.2. The predicted octanol–water partition coefficient (Wildman–Crippen LogP) is 3.91. The van der Waals surface area contributed by atoms with Crippen LogP contribution in [0.25, 0.3) is 11.1 Å². The van der Waals surface area contributed by atoms with Gasteiger partial charge in [0.1, 0.15) is 11.6 Å². The van der Waals surface area contributed by atoms with Crippen LogP contribution in [0.4, 0.5) is 14.5 Å². The molecule has 0 unspecified atom stereocenters. The summed E-state index contributed by atoms with van der Waals surface area (Å²) in [6, 6.07) is 4.89. The van der Waals surface area contributed by atoms with Crippen molar-refractivity contribution in [1.82, 2.24) is 0 Å². The Labute approximate surface area is 134 Å². The maximum Gasteiger partial charge on any atom is 0.340 e. The van der Waals surface area contributed by atoms with E-state index in [1.54, 1.807) is 13.0 Å². The lowest BCUT2D eigenvalue weighted by Gasteiger charge is -2.15. The number of methoxy groups -OCH3 is 1. The van der Waals surface area contributed by atoms with Gasteiger partial charge < -0.3 is 10.5 Å². The molecule has 0 heterocycles. The molecule has 110 valence electrons. The molecule has 0 atom stereocenters. The highest BCUT2D eigenvalue weighted by Gasteiger charge is 2.20. The Kier molecular flexibility index (Phi) is 4.46.